The van der Waals surface area contributed by atoms with Crippen LogP contribution in [0.2, 0.25) is 0 Å². The number of carbonyl (C=O) groups excluding carboxylic acids is 1. The Balaban J connectivity index is 1.63. The third-order valence-electron chi connectivity index (χ3n) is 3.55. The van der Waals surface area contributed by atoms with Crippen LogP contribution in [0, 0.1) is 0 Å². The molecule has 3 rings (SSSR count). The van der Waals surface area contributed by atoms with E-state index in [2.05, 4.69) is 4.98 Å². The van der Waals surface area contributed by atoms with Gasteiger partial charge in [0, 0.05) is 6.20 Å². The standard InChI is InChI=1S/C21H17NO3/c1-24-19-13-8-17(9-14-19)21(23)25-20-11-6-16(7-12-20)5-10-18-4-2-3-15-22-18/h2-15H,1H3. The first kappa shape index (κ1) is 16.5. The predicted molar refractivity (Wildman–Crippen MR) is 97.6 cm³/mol. The number of methoxy groups -OCH3 is 1. The molecule has 0 radical (unpaired) electrons. The van der Waals surface area contributed by atoms with Crippen molar-refractivity contribution in [1.82, 2.24) is 4.98 Å². The van der Waals surface area contributed by atoms with Crippen molar-refractivity contribution in [3.63, 3.8) is 0 Å². The summed E-state index contributed by atoms with van der Waals surface area (Å²) in [7, 11) is 1.58. The van der Waals surface area contributed by atoms with Crippen LogP contribution in [0.25, 0.3) is 12.2 Å². The summed E-state index contributed by atoms with van der Waals surface area (Å²) in [4.78, 5) is 16.4. The van der Waals surface area contributed by atoms with Gasteiger partial charge in [-0.3, -0.25) is 4.98 Å². The van der Waals surface area contributed by atoms with Crippen molar-refractivity contribution in [3.8, 4) is 11.5 Å². The Morgan fingerprint density at radius 1 is 0.880 bits per heavy atom. The largest absolute Gasteiger partial charge is 0.497 e. The van der Waals surface area contributed by atoms with Crippen molar-refractivity contribution in [2.45, 2.75) is 0 Å². The summed E-state index contributed by atoms with van der Waals surface area (Å²) in [5, 5.41) is 0. The Bertz CT molecular complexity index is 854. The Morgan fingerprint density at radius 2 is 1.60 bits per heavy atom. The molecular weight excluding hydrogens is 314 g/mol. The maximum absolute atomic E-state index is 12.1. The van der Waals surface area contributed by atoms with E-state index >= 15 is 0 Å². The van der Waals surface area contributed by atoms with E-state index in [9.17, 15) is 4.79 Å². The fourth-order valence-electron chi connectivity index (χ4n) is 2.20. The minimum Gasteiger partial charge on any atom is -0.497 e. The number of esters is 1. The molecule has 0 aliphatic rings. The van der Waals surface area contributed by atoms with Gasteiger partial charge in [-0.05, 0) is 60.2 Å². The van der Waals surface area contributed by atoms with Crippen LogP contribution in [0.3, 0.4) is 0 Å². The predicted octanol–water partition coefficient (Wildman–Crippen LogP) is 4.48. The van der Waals surface area contributed by atoms with Gasteiger partial charge in [-0.25, -0.2) is 4.79 Å². The Kier molecular flexibility index (Phi) is 5.22. The number of aromatic nitrogens is 1. The fourth-order valence-corrected chi connectivity index (χ4v) is 2.20. The molecule has 124 valence electrons. The first-order valence-corrected chi connectivity index (χ1v) is 7.80. The number of pyridine rings is 1. The molecule has 4 nitrogen and oxygen atoms in total. The maximum Gasteiger partial charge on any atom is 0.343 e. The van der Waals surface area contributed by atoms with Crippen molar-refractivity contribution in [2.24, 2.45) is 0 Å². The van der Waals surface area contributed by atoms with Gasteiger partial charge in [0.05, 0.1) is 18.4 Å². The molecule has 0 amide bonds. The zero-order valence-corrected chi connectivity index (χ0v) is 13.8. The molecule has 0 spiro atoms. The molecule has 0 aliphatic heterocycles. The highest BCUT2D eigenvalue weighted by Gasteiger charge is 2.08. The highest BCUT2D eigenvalue weighted by molar-refractivity contribution is 5.91. The molecule has 1 heterocycles. The summed E-state index contributed by atoms with van der Waals surface area (Å²) in [5.41, 5.74) is 2.35. The van der Waals surface area contributed by atoms with Gasteiger partial charge in [-0.1, -0.05) is 24.3 Å². The number of rotatable bonds is 5. The lowest BCUT2D eigenvalue weighted by atomic mass is 10.2. The second-order valence-corrected chi connectivity index (χ2v) is 5.27. The van der Waals surface area contributed by atoms with E-state index < -0.39 is 5.97 Å². The monoisotopic (exact) mass is 331 g/mol. The van der Waals surface area contributed by atoms with E-state index in [0.29, 0.717) is 17.1 Å². The van der Waals surface area contributed by atoms with Crippen LogP contribution in [0.5, 0.6) is 11.5 Å². The molecule has 4 heteroatoms. The van der Waals surface area contributed by atoms with Gasteiger partial charge in [-0.15, -0.1) is 0 Å². The Hall–Kier alpha value is -3.40. The molecular formula is C21H17NO3. The Labute approximate surface area is 146 Å². The smallest absolute Gasteiger partial charge is 0.343 e. The average Bonchev–Trinajstić information content (AvgIpc) is 2.68. The summed E-state index contributed by atoms with van der Waals surface area (Å²) >= 11 is 0. The molecule has 0 bridgehead atoms. The normalized spacial score (nSPS) is 10.6. The van der Waals surface area contributed by atoms with E-state index in [4.69, 9.17) is 9.47 Å². The number of carbonyl (C=O) groups is 1. The van der Waals surface area contributed by atoms with Crippen molar-refractivity contribution < 1.29 is 14.3 Å². The number of nitrogens with zero attached hydrogens (tertiary/aromatic N) is 1. The van der Waals surface area contributed by atoms with Gasteiger partial charge in [0.2, 0.25) is 0 Å². The first-order valence-electron chi connectivity index (χ1n) is 7.80. The van der Waals surface area contributed by atoms with Gasteiger partial charge in [0.25, 0.3) is 0 Å². The molecule has 0 fully saturated rings. The zero-order chi connectivity index (χ0) is 17.5. The van der Waals surface area contributed by atoms with Crippen LogP contribution < -0.4 is 9.47 Å². The number of hydrogen-bond acceptors (Lipinski definition) is 4. The number of hydrogen-bond donors (Lipinski definition) is 0. The molecule has 2 aromatic carbocycles. The average molecular weight is 331 g/mol. The lowest BCUT2D eigenvalue weighted by Crippen LogP contribution is -2.08. The van der Waals surface area contributed by atoms with Crippen molar-refractivity contribution in [3.05, 3.63) is 89.7 Å². The van der Waals surface area contributed by atoms with E-state index in [1.807, 2.05) is 42.5 Å². The third kappa shape index (κ3) is 4.54. The van der Waals surface area contributed by atoms with Crippen molar-refractivity contribution in [2.75, 3.05) is 7.11 Å². The molecule has 0 aliphatic carbocycles. The van der Waals surface area contributed by atoms with Crippen molar-refractivity contribution in [1.29, 1.82) is 0 Å². The lowest BCUT2D eigenvalue weighted by Gasteiger charge is -2.05. The van der Waals surface area contributed by atoms with Gasteiger partial charge in [-0.2, -0.15) is 0 Å². The quantitative estimate of drug-likeness (QED) is 0.511. The fraction of sp³-hybridized carbons (Fsp3) is 0.0476. The molecule has 0 saturated carbocycles. The molecule has 3 aromatic rings. The minimum atomic E-state index is -0.403. The van der Waals surface area contributed by atoms with Crippen LogP contribution >= 0.6 is 0 Å². The molecule has 0 saturated heterocycles. The van der Waals surface area contributed by atoms with Crippen LogP contribution in [0.15, 0.2) is 72.9 Å². The van der Waals surface area contributed by atoms with Gasteiger partial charge < -0.3 is 9.47 Å². The van der Waals surface area contributed by atoms with Gasteiger partial charge in [0.15, 0.2) is 0 Å². The third-order valence-corrected chi connectivity index (χ3v) is 3.55. The molecule has 0 atom stereocenters. The molecule has 1 aromatic heterocycles. The summed E-state index contributed by atoms with van der Waals surface area (Å²) in [6.45, 7) is 0. The highest BCUT2D eigenvalue weighted by Crippen LogP contribution is 2.17. The molecule has 0 N–H and O–H groups in total. The molecule has 25 heavy (non-hydrogen) atoms. The van der Waals surface area contributed by atoms with Crippen LogP contribution in [-0.2, 0) is 0 Å². The second-order valence-electron chi connectivity index (χ2n) is 5.27. The van der Waals surface area contributed by atoms with Crippen LogP contribution in [0.4, 0.5) is 0 Å². The zero-order valence-electron chi connectivity index (χ0n) is 13.8. The number of benzene rings is 2. The van der Waals surface area contributed by atoms with E-state index in [-0.39, 0.29) is 0 Å². The Morgan fingerprint density at radius 3 is 2.24 bits per heavy atom. The van der Waals surface area contributed by atoms with Crippen LogP contribution in [0.1, 0.15) is 21.6 Å². The summed E-state index contributed by atoms with van der Waals surface area (Å²) in [5.74, 6) is 0.788. The summed E-state index contributed by atoms with van der Waals surface area (Å²) in [6, 6.07) is 19.8. The van der Waals surface area contributed by atoms with Crippen molar-refractivity contribution >= 4 is 18.1 Å². The number of ether oxygens (including phenoxy) is 2. The summed E-state index contributed by atoms with van der Waals surface area (Å²) in [6.07, 6.45) is 5.64. The summed E-state index contributed by atoms with van der Waals surface area (Å²) < 4.78 is 10.4. The lowest BCUT2D eigenvalue weighted by molar-refractivity contribution is 0.0734. The first-order chi connectivity index (χ1) is 12.2. The SMILES string of the molecule is COc1ccc(C(=O)Oc2ccc(C=Cc3ccccn3)cc2)cc1. The second kappa shape index (κ2) is 7.93. The topological polar surface area (TPSA) is 48.4 Å². The van der Waals surface area contributed by atoms with Crippen LogP contribution in [-0.4, -0.2) is 18.1 Å². The minimum absolute atomic E-state index is 0.403. The van der Waals surface area contributed by atoms with Gasteiger partial charge in [0.1, 0.15) is 11.5 Å². The molecule has 0 unspecified atom stereocenters. The van der Waals surface area contributed by atoms with E-state index in [1.165, 1.54) is 0 Å². The maximum atomic E-state index is 12.1. The highest BCUT2D eigenvalue weighted by atomic mass is 16.5. The van der Waals surface area contributed by atoms with Gasteiger partial charge >= 0.3 is 5.97 Å². The van der Waals surface area contributed by atoms with E-state index in [0.717, 1.165) is 11.3 Å². The van der Waals surface area contributed by atoms with E-state index in [1.54, 1.807) is 49.7 Å².